The van der Waals surface area contributed by atoms with Crippen LogP contribution in [0, 0.1) is 16.0 Å². The van der Waals surface area contributed by atoms with Crippen LogP contribution in [-0.2, 0) is 14.3 Å². The van der Waals surface area contributed by atoms with Gasteiger partial charge in [-0.05, 0) is 53.1 Å². The molecular weight excluding hydrogens is 472 g/mol. The lowest BCUT2D eigenvalue weighted by atomic mass is 9.92. The fourth-order valence-electron chi connectivity index (χ4n) is 4.69. The number of ether oxygens (including phenoxy) is 1. The Morgan fingerprint density at radius 3 is 2.32 bits per heavy atom. The first-order valence-corrected chi connectivity index (χ1v) is 12.8. The molecule has 196 valence electrons. The first kappa shape index (κ1) is 27.9. The number of rotatable bonds is 13. The van der Waals surface area contributed by atoms with Crippen molar-refractivity contribution in [3.63, 3.8) is 0 Å². The van der Waals surface area contributed by atoms with E-state index in [0.29, 0.717) is 31.4 Å². The third-order valence-corrected chi connectivity index (χ3v) is 6.39. The van der Waals surface area contributed by atoms with E-state index in [4.69, 9.17) is 4.74 Å². The maximum Gasteiger partial charge on any atom is 0.306 e. The highest BCUT2D eigenvalue weighted by Gasteiger charge is 2.30. The SMILES string of the molecule is CCCOC(=O)CCC(=NCC(=O)CC(C)C)C(=O)c1ccc2c(c1)C(CC)c1cc([N+](=O)[O-])ccc1-2. The monoisotopic (exact) mass is 506 g/mol. The quantitative estimate of drug-likeness (QED) is 0.107. The van der Waals surface area contributed by atoms with Crippen molar-refractivity contribution in [2.45, 2.75) is 65.7 Å². The van der Waals surface area contributed by atoms with Gasteiger partial charge in [0.2, 0.25) is 5.78 Å². The molecule has 1 aliphatic rings. The number of ketones is 2. The zero-order chi connectivity index (χ0) is 27.1. The van der Waals surface area contributed by atoms with Crippen LogP contribution in [0.25, 0.3) is 11.1 Å². The van der Waals surface area contributed by atoms with Crippen molar-refractivity contribution in [3.8, 4) is 11.1 Å². The van der Waals surface area contributed by atoms with E-state index in [0.717, 1.165) is 22.3 Å². The number of esters is 1. The van der Waals surface area contributed by atoms with Gasteiger partial charge in [-0.2, -0.15) is 0 Å². The molecule has 1 unspecified atom stereocenters. The van der Waals surface area contributed by atoms with Crippen molar-refractivity contribution in [1.29, 1.82) is 0 Å². The van der Waals surface area contributed by atoms with Crippen LogP contribution >= 0.6 is 0 Å². The molecule has 2 aromatic carbocycles. The van der Waals surface area contributed by atoms with Gasteiger partial charge in [0, 0.05) is 36.5 Å². The van der Waals surface area contributed by atoms with E-state index < -0.39 is 10.9 Å². The molecule has 0 saturated carbocycles. The van der Waals surface area contributed by atoms with Crippen LogP contribution < -0.4 is 0 Å². The van der Waals surface area contributed by atoms with Gasteiger partial charge in [-0.1, -0.05) is 39.8 Å². The number of fused-ring (bicyclic) bond motifs is 3. The highest BCUT2D eigenvalue weighted by molar-refractivity contribution is 6.46. The van der Waals surface area contributed by atoms with Gasteiger partial charge in [0.25, 0.3) is 5.69 Å². The molecule has 3 rings (SSSR count). The molecule has 2 aromatic rings. The summed E-state index contributed by atoms with van der Waals surface area (Å²) in [4.78, 5) is 53.1. The number of carbonyl (C=O) groups is 3. The second kappa shape index (κ2) is 12.5. The third-order valence-electron chi connectivity index (χ3n) is 6.39. The first-order chi connectivity index (χ1) is 17.7. The zero-order valence-electron chi connectivity index (χ0n) is 21.9. The second-order valence-electron chi connectivity index (χ2n) is 9.74. The molecule has 0 spiro atoms. The highest BCUT2D eigenvalue weighted by atomic mass is 16.6. The zero-order valence-corrected chi connectivity index (χ0v) is 21.9. The lowest BCUT2D eigenvalue weighted by Crippen LogP contribution is -2.19. The maximum absolute atomic E-state index is 13.5. The van der Waals surface area contributed by atoms with Gasteiger partial charge in [-0.3, -0.25) is 29.5 Å². The molecule has 37 heavy (non-hydrogen) atoms. The van der Waals surface area contributed by atoms with Crippen molar-refractivity contribution >= 4 is 28.9 Å². The Morgan fingerprint density at radius 1 is 1.03 bits per heavy atom. The Labute approximate surface area is 217 Å². The minimum Gasteiger partial charge on any atom is -0.466 e. The molecule has 0 heterocycles. The highest BCUT2D eigenvalue weighted by Crippen LogP contribution is 2.47. The lowest BCUT2D eigenvalue weighted by Gasteiger charge is -2.12. The first-order valence-electron chi connectivity index (χ1n) is 12.8. The summed E-state index contributed by atoms with van der Waals surface area (Å²) >= 11 is 0. The van der Waals surface area contributed by atoms with Crippen molar-refractivity contribution in [3.05, 3.63) is 63.2 Å². The Kier molecular flexibility index (Phi) is 9.44. The van der Waals surface area contributed by atoms with Gasteiger partial charge in [-0.15, -0.1) is 0 Å². The number of hydrogen-bond donors (Lipinski definition) is 0. The second-order valence-corrected chi connectivity index (χ2v) is 9.74. The number of nitro benzene ring substituents is 1. The van der Waals surface area contributed by atoms with Crippen LogP contribution in [0.4, 0.5) is 5.69 Å². The summed E-state index contributed by atoms with van der Waals surface area (Å²) in [5.41, 5.74) is 4.31. The summed E-state index contributed by atoms with van der Waals surface area (Å²) in [7, 11) is 0. The van der Waals surface area contributed by atoms with Gasteiger partial charge >= 0.3 is 5.97 Å². The van der Waals surface area contributed by atoms with Crippen molar-refractivity contribution in [2.75, 3.05) is 13.2 Å². The Balaban J connectivity index is 1.90. The summed E-state index contributed by atoms with van der Waals surface area (Å²) in [5, 5.41) is 11.3. The van der Waals surface area contributed by atoms with E-state index in [9.17, 15) is 24.5 Å². The maximum atomic E-state index is 13.5. The Morgan fingerprint density at radius 2 is 1.70 bits per heavy atom. The number of nitrogens with zero attached hydrogens (tertiary/aromatic N) is 2. The number of nitro groups is 1. The summed E-state index contributed by atoms with van der Waals surface area (Å²) in [6.45, 7) is 8.00. The fourth-order valence-corrected chi connectivity index (χ4v) is 4.69. The topological polar surface area (TPSA) is 116 Å². The van der Waals surface area contributed by atoms with Crippen LogP contribution in [0.15, 0.2) is 41.4 Å². The van der Waals surface area contributed by atoms with Crippen LogP contribution in [0.3, 0.4) is 0 Å². The number of hydrogen-bond acceptors (Lipinski definition) is 7. The largest absolute Gasteiger partial charge is 0.466 e. The van der Waals surface area contributed by atoms with Gasteiger partial charge in [0.15, 0.2) is 5.78 Å². The Hall–Kier alpha value is -3.68. The number of aliphatic imine (C=N–C) groups is 1. The number of non-ortho nitro benzene ring substituents is 1. The van der Waals surface area contributed by atoms with E-state index in [-0.39, 0.29) is 54.2 Å². The van der Waals surface area contributed by atoms with Crippen molar-refractivity contribution in [1.82, 2.24) is 0 Å². The van der Waals surface area contributed by atoms with Crippen LogP contribution in [-0.4, -0.2) is 41.3 Å². The summed E-state index contributed by atoms with van der Waals surface area (Å²) in [5.74, 6) is -0.695. The molecule has 8 nitrogen and oxygen atoms in total. The average molecular weight is 507 g/mol. The van der Waals surface area contributed by atoms with Crippen LogP contribution in [0.1, 0.15) is 87.2 Å². The summed E-state index contributed by atoms with van der Waals surface area (Å²) in [6.07, 6.45) is 1.86. The lowest BCUT2D eigenvalue weighted by molar-refractivity contribution is -0.384. The van der Waals surface area contributed by atoms with E-state index in [1.54, 1.807) is 18.2 Å². The predicted molar refractivity (Wildman–Crippen MR) is 142 cm³/mol. The fraction of sp³-hybridized carbons (Fsp3) is 0.448. The number of Topliss-reactive ketones (excluding diaryl/α,β-unsaturated/α-hetero) is 2. The molecule has 0 amide bonds. The number of carbonyl (C=O) groups excluding carboxylic acids is 3. The molecule has 0 fully saturated rings. The van der Waals surface area contributed by atoms with Gasteiger partial charge in [-0.25, -0.2) is 0 Å². The molecule has 0 aliphatic heterocycles. The van der Waals surface area contributed by atoms with Crippen molar-refractivity contribution in [2.24, 2.45) is 10.9 Å². The van der Waals surface area contributed by atoms with Crippen LogP contribution in [0.2, 0.25) is 0 Å². The third kappa shape index (κ3) is 6.76. The Bertz CT molecular complexity index is 1230. The molecule has 1 aliphatic carbocycles. The molecule has 0 aromatic heterocycles. The van der Waals surface area contributed by atoms with E-state index in [2.05, 4.69) is 4.99 Å². The van der Waals surface area contributed by atoms with E-state index in [1.165, 1.54) is 6.07 Å². The number of benzene rings is 2. The molecular formula is C29H34N2O6. The molecule has 8 heteroatoms. The van der Waals surface area contributed by atoms with Gasteiger partial charge in [0.1, 0.15) is 0 Å². The molecule has 0 bridgehead atoms. The summed E-state index contributed by atoms with van der Waals surface area (Å²) < 4.78 is 5.14. The summed E-state index contributed by atoms with van der Waals surface area (Å²) in [6, 6.07) is 10.3. The van der Waals surface area contributed by atoms with E-state index in [1.807, 2.05) is 39.8 Å². The van der Waals surface area contributed by atoms with Gasteiger partial charge in [0.05, 0.1) is 30.2 Å². The predicted octanol–water partition coefficient (Wildman–Crippen LogP) is 6.09. The molecule has 0 saturated heterocycles. The average Bonchev–Trinajstić information content (AvgIpc) is 3.18. The standard InChI is InChI=1S/C29H34N2O6/c1-5-13-37-28(33)12-11-27(30-17-21(32)14-18(3)4)29(34)19-7-9-23-24-10-8-20(31(35)36)16-26(24)22(6-2)25(23)15-19/h7-10,15-16,18,22H,5-6,11-14,17H2,1-4H3. The smallest absolute Gasteiger partial charge is 0.306 e. The van der Waals surface area contributed by atoms with Crippen LogP contribution in [0.5, 0.6) is 0 Å². The normalized spacial score (nSPS) is 14.3. The van der Waals surface area contributed by atoms with Crippen molar-refractivity contribution < 1.29 is 24.0 Å². The van der Waals surface area contributed by atoms with E-state index >= 15 is 0 Å². The molecule has 0 N–H and O–H groups in total. The minimum atomic E-state index is -0.409. The molecule has 1 atom stereocenters. The minimum absolute atomic E-state index is 0.000574. The molecule has 0 radical (unpaired) electrons. The van der Waals surface area contributed by atoms with Gasteiger partial charge < -0.3 is 4.74 Å².